The predicted molar refractivity (Wildman–Crippen MR) is 315 cm³/mol. The van der Waals surface area contributed by atoms with Gasteiger partial charge >= 0.3 is 10.4 Å². The van der Waals surface area contributed by atoms with Crippen LogP contribution in [0.25, 0.3) is 0 Å². The number of rotatable bonds is 57. The topological polar surface area (TPSA) is 192 Å². The Labute approximate surface area is 467 Å². The van der Waals surface area contributed by atoms with Crippen LogP contribution in [0.4, 0.5) is 0 Å². The van der Waals surface area contributed by atoms with Crippen LogP contribution in [-0.2, 0) is 28.9 Å². The van der Waals surface area contributed by atoms with E-state index in [0.717, 1.165) is 38.5 Å². The maximum absolute atomic E-state index is 13.1. The third-order valence-corrected chi connectivity index (χ3v) is 15.9. The summed E-state index contributed by atoms with van der Waals surface area (Å²) >= 11 is 0. The molecule has 76 heavy (non-hydrogen) atoms. The van der Waals surface area contributed by atoms with Crippen molar-refractivity contribution in [3.63, 3.8) is 0 Å². The van der Waals surface area contributed by atoms with Crippen LogP contribution in [-0.4, -0.2) is 95.4 Å². The van der Waals surface area contributed by atoms with E-state index in [-0.39, 0.29) is 18.9 Å². The molecule has 1 fully saturated rings. The average molecular weight is 1100 g/mol. The number of amides is 1. The number of unbranched alkanes of at least 4 members (excludes halogenated alkanes) is 43. The lowest BCUT2D eigenvalue weighted by atomic mass is 9.99. The molecule has 0 saturated carbocycles. The number of allylic oxidation sites excluding steroid dienone is 3. The molecule has 13 heteroatoms. The Morgan fingerprint density at radius 2 is 0.842 bits per heavy atom. The molecule has 1 amide bonds. The molecule has 1 aliphatic heterocycles. The summed E-state index contributed by atoms with van der Waals surface area (Å²) in [6.45, 7) is 3.42. The van der Waals surface area contributed by atoms with Crippen LogP contribution < -0.4 is 5.32 Å². The van der Waals surface area contributed by atoms with Gasteiger partial charge in [0.25, 0.3) is 0 Å². The van der Waals surface area contributed by atoms with E-state index in [9.17, 15) is 38.2 Å². The Hall–Kier alpha value is -1.42. The highest BCUT2D eigenvalue weighted by molar-refractivity contribution is 7.80. The van der Waals surface area contributed by atoms with Crippen LogP contribution in [0.5, 0.6) is 0 Å². The summed E-state index contributed by atoms with van der Waals surface area (Å²) in [7, 11) is -5.09. The molecule has 0 aliphatic carbocycles. The minimum atomic E-state index is -5.09. The van der Waals surface area contributed by atoms with E-state index < -0.39 is 59.9 Å². The number of aliphatic hydroxyl groups is 4. The smallest absolute Gasteiger partial charge is 0.394 e. The summed E-state index contributed by atoms with van der Waals surface area (Å²) < 4.78 is 47.8. The molecule has 0 aromatic rings. The van der Waals surface area contributed by atoms with E-state index in [2.05, 4.69) is 35.5 Å². The normalized spacial score (nSPS) is 19.1. The largest absolute Gasteiger partial charge is 0.397 e. The minimum absolute atomic E-state index is 0.258. The van der Waals surface area contributed by atoms with E-state index in [4.69, 9.17) is 9.47 Å². The van der Waals surface area contributed by atoms with Crippen molar-refractivity contribution in [3.8, 4) is 0 Å². The molecule has 12 nitrogen and oxygen atoms in total. The second-order valence-electron chi connectivity index (χ2n) is 22.7. The minimum Gasteiger partial charge on any atom is -0.394 e. The molecule has 450 valence electrons. The highest BCUT2D eigenvalue weighted by Crippen LogP contribution is 2.26. The van der Waals surface area contributed by atoms with Gasteiger partial charge in [-0.2, -0.15) is 8.42 Å². The number of aliphatic hydroxyl groups excluding tert-OH is 4. The van der Waals surface area contributed by atoms with Crippen LogP contribution in [0.2, 0.25) is 0 Å². The third kappa shape index (κ3) is 44.3. The molecule has 1 heterocycles. The first kappa shape index (κ1) is 72.6. The summed E-state index contributed by atoms with van der Waals surface area (Å²) in [5.74, 6) is -0.258. The van der Waals surface area contributed by atoms with Crippen molar-refractivity contribution in [2.45, 2.75) is 358 Å². The van der Waals surface area contributed by atoms with E-state index in [0.29, 0.717) is 6.42 Å². The molecule has 0 spiro atoms. The fourth-order valence-corrected chi connectivity index (χ4v) is 11.0. The first-order chi connectivity index (χ1) is 37.0. The summed E-state index contributed by atoms with van der Waals surface area (Å²) in [4.78, 5) is 13.1. The average Bonchev–Trinajstić information content (AvgIpc) is 3.40. The molecule has 0 radical (unpaired) electrons. The number of nitrogens with one attached hydrogen (secondary N) is 1. The van der Waals surface area contributed by atoms with Crippen molar-refractivity contribution in [2.75, 3.05) is 13.2 Å². The molecular weight excluding hydrogens is 979 g/mol. The maximum atomic E-state index is 13.1. The van der Waals surface area contributed by atoms with Gasteiger partial charge in [0.05, 0.1) is 25.4 Å². The zero-order chi connectivity index (χ0) is 55.4. The lowest BCUT2D eigenvalue weighted by Gasteiger charge is -2.41. The Kier molecular flexibility index (Phi) is 50.6. The number of hydrogen-bond donors (Lipinski definition) is 6. The van der Waals surface area contributed by atoms with E-state index in [1.165, 1.54) is 250 Å². The van der Waals surface area contributed by atoms with Gasteiger partial charge < -0.3 is 35.2 Å². The van der Waals surface area contributed by atoms with Gasteiger partial charge in [0, 0.05) is 6.42 Å². The highest BCUT2D eigenvalue weighted by Gasteiger charge is 2.48. The first-order valence-corrected chi connectivity index (χ1v) is 33.6. The molecule has 6 N–H and O–H groups in total. The van der Waals surface area contributed by atoms with Crippen molar-refractivity contribution in [1.29, 1.82) is 0 Å². The Bertz CT molecular complexity index is 1430. The van der Waals surface area contributed by atoms with Crippen LogP contribution in [0.3, 0.4) is 0 Å². The summed E-state index contributed by atoms with van der Waals surface area (Å²) in [5.41, 5.74) is 0. The molecule has 1 aliphatic rings. The van der Waals surface area contributed by atoms with Gasteiger partial charge in [-0.05, 0) is 44.9 Å². The highest BCUT2D eigenvalue weighted by atomic mass is 32.3. The van der Waals surface area contributed by atoms with Gasteiger partial charge in [-0.3, -0.25) is 9.35 Å². The van der Waals surface area contributed by atoms with Gasteiger partial charge in [-0.15, -0.1) is 0 Å². The van der Waals surface area contributed by atoms with E-state index >= 15 is 0 Å². The van der Waals surface area contributed by atoms with Crippen LogP contribution >= 0.6 is 0 Å². The zero-order valence-electron chi connectivity index (χ0n) is 49.1. The molecule has 7 unspecified atom stereocenters. The van der Waals surface area contributed by atoms with Crippen LogP contribution in [0, 0.1) is 0 Å². The molecule has 0 aromatic heterocycles. The van der Waals surface area contributed by atoms with Crippen molar-refractivity contribution >= 4 is 16.3 Å². The van der Waals surface area contributed by atoms with Crippen molar-refractivity contribution in [3.05, 3.63) is 24.3 Å². The Morgan fingerprint density at radius 1 is 0.513 bits per heavy atom. The maximum Gasteiger partial charge on any atom is 0.397 e. The standard InChI is InChI=1S/C63H121NO11S/c1-3-5-7-9-11-13-15-17-18-19-20-21-22-23-24-25-26-27-28-29-30-31-32-33-34-35-36-37-38-39-40-41-43-45-47-49-51-53-59(67)64-56(57(66)52-50-48-46-44-42-16-14-12-10-8-6-4-2)55-73-63-61(69)62(75-76(70,71)72)60(68)58(54-65)74-63/h27-28,50,52,56-58,60-63,65-66,68-69H,3-26,29-49,51,53-55H2,1-2H3,(H,64,67)(H,70,71,72)/b28-27-,52-50+. The van der Waals surface area contributed by atoms with Crippen molar-refractivity contribution < 1.29 is 51.8 Å². The number of hydrogen-bond acceptors (Lipinski definition) is 10. The fourth-order valence-electron chi connectivity index (χ4n) is 10.5. The fraction of sp³-hybridized carbons (Fsp3) is 0.921. The predicted octanol–water partition coefficient (Wildman–Crippen LogP) is 16.0. The van der Waals surface area contributed by atoms with Crippen molar-refractivity contribution in [2.24, 2.45) is 0 Å². The quantitative estimate of drug-likeness (QED) is 0.0193. The van der Waals surface area contributed by atoms with Gasteiger partial charge in [-0.1, -0.05) is 289 Å². The molecule has 1 saturated heterocycles. The molecule has 7 atom stereocenters. The number of carbonyl (C=O) groups is 1. The van der Waals surface area contributed by atoms with Gasteiger partial charge in [0.2, 0.25) is 5.91 Å². The second kappa shape index (κ2) is 52.9. The SMILES string of the molecule is CCCCCCCCCCCC/C=C/C(O)C(COC1OC(CO)C(O)C(OS(=O)(=O)O)C1O)NC(=O)CCCCCCCCCCCCCCCCCCC/C=C\CCCCCCCCCCCCCCCCCC. The van der Waals surface area contributed by atoms with E-state index in [1.807, 2.05) is 6.08 Å². The monoisotopic (exact) mass is 1100 g/mol. The molecule has 1 rings (SSSR count). The lowest BCUT2D eigenvalue weighted by Crippen LogP contribution is -2.61. The third-order valence-electron chi connectivity index (χ3n) is 15.5. The second-order valence-corrected chi connectivity index (χ2v) is 23.8. The number of carbonyl (C=O) groups excluding carboxylic acids is 1. The van der Waals surface area contributed by atoms with Gasteiger partial charge in [0.15, 0.2) is 6.29 Å². The van der Waals surface area contributed by atoms with Crippen LogP contribution in [0.15, 0.2) is 24.3 Å². The Morgan fingerprint density at radius 3 is 1.18 bits per heavy atom. The van der Waals surface area contributed by atoms with Crippen molar-refractivity contribution in [1.82, 2.24) is 5.32 Å². The number of ether oxygens (including phenoxy) is 2. The molecule has 0 aromatic carbocycles. The molecule has 0 bridgehead atoms. The Balaban J connectivity index is 2.14. The van der Waals surface area contributed by atoms with Gasteiger partial charge in [-0.25, -0.2) is 4.18 Å². The zero-order valence-corrected chi connectivity index (χ0v) is 49.9. The van der Waals surface area contributed by atoms with Crippen LogP contribution in [0.1, 0.15) is 316 Å². The lowest BCUT2D eigenvalue weighted by molar-refractivity contribution is -0.298. The molecular formula is C63H121NO11S. The van der Waals surface area contributed by atoms with Gasteiger partial charge in [0.1, 0.15) is 24.4 Å². The van der Waals surface area contributed by atoms with E-state index in [1.54, 1.807) is 6.08 Å². The summed E-state index contributed by atoms with van der Waals surface area (Å²) in [6.07, 6.45) is 58.5. The summed E-state index contributed by atoms with van der Waals surface area (Å²) in [6, 6.07) is -0.941. The summed E-state index contributed by atoms with van der Waals surface area (Å²) in [5, 5.41) is 44.9. The first-order valence-electron chi connectivity index (χ1n) is 32.2.